The predicted octanol–water partition coefficient (Wildman–Crippen LogP) is 3.75. The summed E-state index contributed by atoms with van der Waals surface area (Å²) in [5.74, 6) is -0.381. The van der Waals surface area contributed by atoms with Gasteiger partial charge in [-0.15, -0.1) is 0 Å². The molecule has 3 aromatic carbocycles. The third-order valence-corrected chi connectivity index (χ3v) is 7.94. The number of hydrogen-bond donors (Lipinski definition) is 1. The minimum absolute atomic E-state index is 0.0174. The van der Waals surface area contributed by atoms with Crippen molar-refractivity contribution >= 4 is 39.1 Å². The highest BCUT2D eigenvalue weighted by Gasteiger charge is 2.32. The van der Waals surface area contributed by atoms with Gasteiger partial charge >= 0.3 is 0 Å². The van der Waals surface area contributed by atoms with Crippen LogP contribution in [0.25, 0.3) is 0 Å². The molecule has 0 spiro atoms. The van der Waals surface area contributed by atoms with E-state index in [0.29, 0.717) is 17.2 Å². The van der Waals surface area contributed by atoms with Crippen LogP contribution in [0, 0.1) is 0 Å². The number of carbonyl (C=O) groups is 2. The number of sulfonamides is 1. The van der Waals surface area contributed by atoms with Crippen LogP contribution >= 0.6 is 11.6 Å². The molecule has 0 fully saturated rings. The highest BCUT2D eigenvalue weighted by atomic mass is 35.5. The first-order valence-corrected chi connectivity index (χ1v) is 13.5. The second kappa shape index (κ2) is 12.6. The molecule has 0 aliphatic rings. The fourth-order valence-electron chi connectivity index (χ4n) is 3.81. The van der Waals surface area contributed by atoms with Crippen LogP contribution in [0.1, 0.15) is 12.5 Å². The molecule has 2 amide bonds. The second-order valence-corrected chi connectivity index (χ2v) is 10.6. The van der Waals surface area contributed by atoms with Gasteiger partial charge in [0.05, 0.1) is 17.7 Å². The minimum atomic E-state index is -4.17. The third kappa shape index (κ3) is 7.02. The lowest BCUT2D eigenvalue weighted by Gasteiger charge is -2.31. The Morgan fingerprint density at radius 1 is 1.00 bits per heavy atom. The molecule has 0 aliphatic heterocycles. The van der Waals surface area contributed by atoms with Crippen molar-refractivity contribution in [1.29, 1.82) is 0 Å². The lowest BCUT2D eigenvalue weighted by Crippen LogP contribution is -2.51. The highest BCUT2D eigenvalue weighted by Crippen LogP contribution is 2.27. The van der Waals surface area contributed by atoms with Crippen LogP contribution in [0.15, 0.2) is 83.8 Å². The number of hydrogen-bond acceptors (Lipinski definition) is 5. The average molecular weight is 544 g/mol. The van der Waals surface area contributed by atoms with E-state index < -0.39 is 28.5 Å². The van der Waals surface area contributed by atoms with Gasteiger partial charge < -0.3 is 15.0 Å². The summed E-state index contributed by atoms with van der Waals surface area (Å²) in [6.45, 7) is 1.32. The third-order valence-electron chi connectivity index (χ3n) is 5.92. The van der Waals surface area contributed by atoms with Crippen molar-refractivity contribution in [3.8, 4) is 5.75 Å². The Morgan fingerprint density at radius 3 is 2.27 bits per heavy atom. The van der Waals surface area contributed by atoms with Gasteiger partial charge in [-0.05, 0) is 61.4 Å². The van der Waals surface area contributed by atoms with E-state index in [4.69, 9.17) is 16.3 Å². The van der Waals surface area contributed by atoms with Crippen molar-refractivity contribution in [2.24, 2.45) is 0 Å². The highest BCUT2D eigenvalue weighted by molar-refractivity contribution is 7.92. The normalized spacial score (nSPS) is 11.9. The maximum absolute atomic E-state index is 13.7. The van der Waals surface area contributed by atoms with E-state index in [1.807, 2.05) is 30.3 Å². The molecule has 0 radical (unpaired) electrons. The summed E-state index contributed by atoms with van der Waals surface area (Å²) >= 11 is 6.17. The first-order chi connectivity index (χ1) is 17.7. The van der Waals surface area contributed by atoms with Crippen LogP contribution in [-0.4, -0.2) is 58.4 Å². The molecule has 0 aliphatic carbocycles. The van der Waals surface area contributed by atoms with Crippen molar-refractivity contribution in [2.45, 2.75) is 24.3 Å². The van der Waals surface area contributed by atoms with Crippen LogP contribution in [0.4, 0.5) is 5.69 Å². The molecule has 0 aromatic heterocycles. The minimum Gasteiger partial charge on any atom is -0.497 e. The van der Waals surface area contributed by atoms with Gasteiger partial charge in [0.1, 0.15) is 18.3 Å². The van der Waals surface area contributed by atoms with Crippen LogP contribution in [0.5, 0.6) is 5.75 Å². The van der Waals surface area contributed by atoms with E-state index >= 15 is 0 Å². The van der Waals surface area contributed by atoms with Gasteiger partial charge in [-0.25, -0.2) is 8.42 Å². The molecule has 1 atom stereocenters. The Balaban J connectivity index is 1.97. The van der Waals surface area contributed by atoms with Crippen molar-refractivity contribution in [3.63, 3.8) is 0 Å². The number of nitrogens with zero attached hydrogens (tertiary/aromatic N) is 2. The number of rotatable bonds is 11. The molecule has 8 nitrogen and oxygen atoms in total. The summed E-state index contributed by atoms with van der Waals surface area (Å²) in [5, 5.41) is 2.88. The van der Waals surface area contributed by atoms with Crippen LogP contribution in [0.3, 0.4) is 0 Å². The standard InChI is InChI=1S/C27H30ClN3O5S/c1-20(27(33)29-2)30(17-16-21-8-5-4-6-9-21)26(32)19-31(23-11-7-10-22(28)18-23)37(34,35)25-14-12-24(36-3)13-15-25/h4-15,18,20H,16-17,19H2,1-3H3,(H,29,33). The summed E-state index contributed by atoms with van der Waals surface area (Å²) < 4.78 is 33.6. The zero-order valence-electron chi connectivity index (χ0n) is 20.9. The summed E-state index contributed by atoms with van der Waals surface area (Å²) in [7, 11) is -1.20. The van der Waals surface area contributed by atoms with Crippen molar-refractivity contribution in [2.75, 3.05) is 31.6 Å². The molecule has 37 heavy (non-hydrogen) atoms. The summed E-state index contributed by atoms with van der Waals surface area (Å²) in [6.07, 6.45) is 0.496. The maximum Gasteiger partial charge on any atom is 0.264 e. The number of likely N-dealkylation sites (N-methyl/N-ethyl adjacent to an activating group) is 1. The zero-order valence-corrected chi connectivity index (χ0v) is 22.5. The molecule has 1 unspecified atom stereocenters. The monoisotopic (exact) mass is 543 g/mol. The smallest absolute Gasteiger partial charge is 0.264 e. The Kier molecular flexibility index (Phi) is 9.54. The topological polar surface area (TPSA) is 96.0 Å². The Labute approximate surface area is 222 Å². The van der Waals surface area contributed by atoms with Crippen molar-refractivity contribution in [1.82, 2.24) is 10.2 Å². The van der Waals surface area contributed by atoms with Crippen molar-refractivity contribution < 1.29 is 22.7 Å². The molecule has 196 valence electrons. The summed E-state index contributed by atoms with van der Waals surface area (Å²) in [6, 6.07) is 20.9. The quantitative estimate of drug-likeness (QED) is 0.397. The van der Waals surface area contributed by atoms with E-state index in [1.54, 1.807) is 25.1 Å². The van der Waals surface area contributed by atoms with Crippen LogP contribution < -0.4 is 14.4 Å². The van der Waals surface area contributed by atoms with E-state index in [9.17, 15) is 18.0 Å². The Hall–Kier alpha value is -3.56. The lowest BCUT2D eigenvalue weighted by atomic mass is 10.1. The number of carbonyl (C=O) groups excluding carboxylic acids is 2. The average Bonchev–Trinajstić information content (AvgIpc) is 2.91. The number of benzene rings is 3. The van der Waals surface area contributed by atoms with Gasteiger partial charge in [-0.1, -0.05) is 48.0 Å². The van der Waals surface area contributed by atoms with E-state index in [2.05, 4.69) is 5.32 Å². The number of methoxy groups -OCH3 is 1. The summed E-state index contributed by atoms with van der Waals surface area (Å²) in [4.78, 5) is 27.5. The second-order valence-electron chi connectivity index (χ2n) is 8.28. The molecule has 1 N–H and O–H groups in total. The zero-order chi connectivity index (χ0) is 27.0. The van der Waals surface area contributed by atoms with Crippen LogP contribution in [-0.2, 0) is 26.0 Å². The van der Waals surface area contributed by atoms with E-state index in [1.165, 1.54) is 49.4 Å². The number of anilines is 1. The Morgan fingerprint density at radius 2 is 1.68 bits per heavy atom. The molecule has 0 bridgehead atoms. The van der Waals surface area contributed by atoms with Crippen molar-refractivity contribution in [3.05, 3.63) is 89.4 Å². The molecule has 3 aromatic rings. The fraction of sp³-hybridized carbons (Fsp3) is 0.259. The van der Waals surface area contributed by atoms with Gasteiger partial charge in [-0.2, -0.15) is 0 Å². The molecule has 0 saturated heterocycles. The first kappa shape index (κ1) is 28.0. The van der Waals surface area contributed by atoms with E-state index in [-0.39, 0.29) is 23.0 Å². The lowest BCUT2D eigenvalue weighted by molar-refractivity contribution is -0.138. The van der Waals surface area contributed by atoms with Crippen LogP contribution in [0.2, 0.25) is 5.02 Å². The largest absolute Gasteiger partial charge is 0.497 e. The first-order valence-electron chi connectivity index (χ1n) is 11.6. The molecule has 3 rings (SSSR count). The molecule has 0 heterocycles. The summed E-state index contributed by atoms with van der Waals surface area (Å²) in [5.41, 5.74) is 1.22. The van der Waals surface area contributed by atoms with Gasteiger partial charge in [-0.3, -0.25) is 13.9 Å². The van der Waals surface area contributed by atoms with E-state index in [0.717, 1.165) is 9.87 Å². The van der Waals surface area contributed by atoms with Gasteiger partial charge in [0.15, 0.2) is 0 Å². The molecule has 10 heteroatoms. The Bertz CT molecular complexity index is 1320. The number of nitrogens with one attached hydrogen (secondary N) is 1. The molecule has 0 saturated carbocycles. The predicted molar refractivity (Wildman–Crippen MR) is 144 cm³/mol. The van der Waals surface area contributed by atoms with Gasteiger partial charge in [0, 0.05) is 18.6 Å². The van der Waals surface area contributed by atoms with Gasteiger partial charge in [0.25, 0.3) is 10.0 Å². The van der Waals surface area contributed by atoms with Gasteiger partial charge in [0.2, 0.25) is 11.8 Å². The number of amides is 2. The molecular formula is C27H30ClN3O5S. The fourth-order valence-corrected chi connectivity index (χ4v) is 5.40. The molecular weight excluding hydrogens is 514 g/mol. The maximum atomic E-state index is 13.7. The SMILES string of the molecule is CNC(=O)C(C)N(CCc1ccccc1)C(=O)CN(c1cccc(Cl)c1)S(=O)(=O)c1ccc(OC)cc1. The number of halogens is 1. The number of ether oxygens (including phenoxy) is 1.